The summed E-state index contributed by atoms with van der Waals surface area (Å²) in [5.41, 5.74) is 7.23. The Kier molecular flexibility index (Phi) is 5.08. The minimum Gasteiger partial charge on any atom is -0.497 e. The monoisotopic (exact) mass is 288 g/mol. The number of ether oxygens (including phenoxy) is 2. The average molecular weight is 288 g/mol. The molecule has 1 saturated carbocycles. The first-order valence-corrected chi connectivity index (χ1v) is 7.55. The van der Waals surface area contributed by atoms with Gasteiger partial charge in [0.2, 0.25) is 0 Å². The van der Waals surface area contributed by atoms with Gasteiger partial charge in [0.1, 0.15) is 11.5 Å². The maximum atomic E-state index is 8.87. The van der Waals surface area contributed by atoms with Crippen molar-refractivity contribution in [3.05, 3.63) is 23.8 Å². The number of hydrogen-bond donors (Lipinski definition) is 1. The van der Waals surface area contributed by atoms with Crippen LogP contribution in [0.4, 0.5) is 0 Å². The Morgan fingerprint density at radius 1 is 1.43 bits per heavy atom. The topological polar surface area (TPSA) is 68.3 Å². The first-order chi connectivity index (χ1) is 10.1. The van der Waals surface area contributed by atoms with Crippen molar-refractivity contribution in [2.45, 2.75) is 45.1 Å². The summed E-state index contributed by atoms with van der Waals surface area (Å²) in [4.78, 5) is 0. The van der Waals surface area contributed by atoms with E-state index < -0.39 is 0 Å². The van der Waals surface area contributed by atoms with Crippen molar-refractivity contribution in [1.29, 1.82) is 5.26 Å². The fourth-order valence-electron chi connectivity index (χ4n) is 2.36. The van der Waals surface area contributed by atoms with Crippen LogP contribution in [-0.2, 0) is 6.42 Å². The summed E-state index contributed by atoms with van der Waals surface area (Å²) in [5, 5.41) is 8.87. The van der Waals surface area contributed by atoms with Crippen LogP contribution < -0.4 is 15.2 Å². The Bertz CT molecular complexity index is 518. The minimum absolute atomic E-state index is 0.0822. The molecule has 0 bridgehead atoms. The number of nitrogens with zero attached hydrogens (tertiary/aromatic N) is 1. The molecular formula is C17H24N2O2. The minimum atomic E-state index is 0.0822. The first kappa shape index (κ1) is 15.7. The summed E-state index contributed by atoms with van der Waals surface area (Å²) in [6.45, 7) is 2.69. The van der Waals surface area contributed by atoms with Gasteiger partial charge in [-0.2, -0.15) is 5.26 Å². The molecule has 2 N–H and O–H groups in total. The normalized spacial score (nSPS) is 16.9. The number of methoxy groups -OCH3 is 1. The summed E-state index contributed by atoms with van der Waals surface area (Å²) in [6, 6.07) is 8.22. The molecule has 1 aromatic rings. The van der Waals surface area contributed by atoms with Crippen molar-refractivity contribution in [2.75, 3.05) is 13.7 Å². The number of benzene rings is 1. The maximum absolute atomic E-state index is 8.87. The molecule has 1 aromatic carbocycles. The van der Waals surface area contributed by atoms with Gasteiger partial charge >= 0.3 is 0 Å². The molecule has 1 unspecified atom stereocenters. The van der Waals surface area contributed by atoms with Gasteiger partial charge in [0.25, 0.3) is 0 Å². The first-order valence-electron chi connectivity index (χ1n) is 7.55. The standard InChI is InChI=1S/C17H24N2O2/c1-3-14(19)10-13-11-15(20-2)4-5-16(13)21-12-17(6-7-17)8-9-18/h4-5,11,14H,3,6-8,10,12,19H2,1-2H3. The van der Waals surface area contributed by atoms with Crippen molar-refractivity contribution in [3.8, 4) is 17.6 Å². The highest BCUT2D eigenvalue weighted by atomic mass is 16.5. The van der Waals surface area contributed by atoms with Crippen molar-refractivity contribution >= 4 is 0 Å². The van der Waals surface area contributed by atoms with Crippen LogP contribution >= 0.6 is 0 Å². The molecule has 0 aromatic heterocycles. The average Bonchev–Trinajstić information content (AvgIpc) is 3.26. The molecule has 1 fully saturated rings. The lowest BCUT2D eigenvalue weighted by atomic mass is 10.0. The van der Waals surface area contributed by atoms with Crippen LogP contribution in [0.15, 0.2) is 18.2 Å². The van der Waals surface area contributed by atoms with E-state index in [-0.39, 0.29) is 11.5 Å². The van der Waals surface area contributed by atoms with E-state index in [1.54, 1.807) is 7.11 Å². The quantitative estimate of drug-likeness (QED) is 0.798. The van der Waals surface area contributed by atoms with Gasteiger partial charge < -0.3 is 15.2 Å². The molecule has 21 heavy (non-hydrogen) atoms. The Morgan fingerprint density at radius 3 is 2.76 bits per heavy atom. The highest BCUT2D eigenvalue weighted by molar-refractivity contribution is 5.41. The molecule has 0 spiro atoms. The van der Waals surface area contributed by atoms with Crippen molar-refractivity contribution in [1.82, 2.24) is 0 Å². The second-order valence-electron chi connectivity index (χ2n) is 5.97. The molecule has 1 atom stereocenters. The van der Waals surface area contributed by atoms with E-state index >= 15 is 0 Å². The molecule has 0 radical (unpaired) electrons. The molecule has 0 amide bonds. The Labute approximate surface area is 126 Å². The van der Waals surface area contributed by atoms with E-state index in [0.29, 0.717) is 13.0 Å². The lowest BCUT2D eigenvalue weighted by Gasteiger charge is -2.18. The molecular weight excluding hydrogens is 264 g/mol. The van der Waals surface area contributed by atoms with E-state index in [4.69, 9.17) is 20.5 Å². The van der Waals surface area contributed by atoms with Crippen LogP contribution in [0.2, 0.25) is 0 Å². The van der Waals surface area contributed by atoms with Gasteiger partial charge in [0.15, 0.2) is 0 Å². The number of nitrogens with two attached hydrogens (primary N) is 1. The third-order valence-electron chi connectivity index (χ3n) is 4.22. The molecule has 2 rings (SSSR count). The molecule has 0 aliphatic heterocycles. The number of rotatable bonds is 8. The van der Waals surface area contributed by atoms with Crippen LogP contribution in [0.3, 0.4) is 0 Å². The molecule has 1 aliphatic rings. The Hall–Kier alpha value is -1.73. The number of nitriles is 1. The van der Waals surface area contributed by atoms with Crippen LogP contribution in [0.5, 0.6) is 11.5 Å². The third-order valence-corrected chi connectivity index (χ3v) is 4.22. The predicted octanol–water partition coefficient (Wildman–Crippen LogP) is 3.05. The largest absolute Gasteiger partial charge is 0.497 e. The summed E-state index contributed by atoms with van der Waals surface area (Å²) < 4.78 is 11.3. The van der Waals surface area contributed by atoms with Crippen molar-refractivity contribution in [3.63, 3.8) is 0 Å². The second-order valence-corrected chi connectivity index (χ2v) is 5.97. The SMILES string of the molecule is CCC(N)Cc1cc(OC)ccc1OCC1(CC#N)CC1. The van der Waals surface area contributed by atoms with Gasteiger partial charge in [-0.05, 0) is 49.4 Å². The van der Waals surface area contributed by atoms with Gasteiger partial charge in [0, 0.05) is 17.9 Å². The Morgan fingerprint density at radius 2 is 2.19 bits per heavy atom. The lowest BCUT2D eigenvalue weighted by Crippen LogP contribution is -2.22. The zero-order valence-electron chi connectivity index (χ0n) is 12.9. The van der Waals surface area contributed by atoms with Gasteiger partial charge in [-0.15, -0.1) is 0 Å². The van der Waals surface area contributed by atoms with Crippen molar-refractivity contribution < 1.29 is 9.47 Å². The molecule has 4 nitrogen and oxygen atoms in total. The highest BCUT2D eigenvalue weighted by Crippen LogP contribution is 2.48. The van der Waals surface area contributed by atoms with E-state index in [2.05, 4.69) is 13.0 Å². The summed E-state index contributed by atoms with van der Waals surface area (Å²) >= 11 is 0. The van der Waals surface area contributed by atoms with E-state index in [1.807, 2.05) is 18.2 Å². The zero-order chi connectivity index (χ0) is 15.3. The fourth-order valence-corrected chi connectivity index (χ4v) is 2.36. The van der Waals surface area contributed by atoms with Crippen LogP contribution in [0.25, 0.3) is 0 Å². The van der Waals surface area contributed by atoms with E-state index in [9.17, 15) is 0 Å². The fraction of sp³-hybridized carbons (Fsp3) is 0.588. The van der Waals surface area contributed by atoms with Gasteiger partial charge in [-0.1, -0.05) is 6.92 Å². The number of hydrogen-bond acceptors (Lipinski definition) is 4. The molecule has 4 heteroatoms. The maximum Gasteiger partial charge on any atom is 0.122 e. The molecule has 0 heterocycles. The summed E-state index contributed by atoms with van der Waals surface area (Å²) in [7, 11) is 1.66. The van der Waals surface area contributed by atoms with Crippen LogP contribution in [0, 0.1) is 16.7 Å². The van der Waals surface area contributed by atoms with Gasteiger partial charge in [-0.25, -0.2) is 0 Å². The van der Waals surface area contributed by atoms with Crippen LogP contribution in [0.1, 0.15) is 38.2 Å². The van der Waals surface area contributed by atoms with Crippen LogP contribution in [-0.4, -0.2) is 19.8 Å². The zero-order valence-corrected chi connectivity index (χ0v) is 12.9. The van der Waals surface area contributed by atoms with Gasteiger partial charge in [0.05, 0.1) is 19.8 Å². The summed E-state index contributed by atoms with van der Waals surface area (Å²) in [6.07, 6.45) is 4.44. The summed E-state index contributed by atoms with van der Waals surface area (Å²) in [5.74, 6) is 1.68. The van der Waals surface area contributed by atoms with E-state index in [1.165, 1.54) is 0 Å². The molecule has 114 valence electrons. The second kappa shape index (κ2) is 6.82. The van der Waals surface area contributed by atoms with Gasteiger partial charge in [-0.3, -0.25) is 0 Å². The predicted molar refractivity (Wildman–Crippen MR) is 82.4 cm³/mol. The van der Waals surface area contributed by atoms with E-state index in [0.717, 1.165) is 42.7 Å². The molecule has 0 saturated heterocycles. The van der Waals surface area contributed by atoms with Crippen molar-refractivity contribution in [2.24, 2.45) is 11.1 Å². The Balaban J connectivity index is 2.08. The highest BCUT2D eigenvalue weighted by Gasteiger charge is 2.43. The molecule has 1 aliphatic carbocycles. The lowest BCUT2D eigenvalue weighted by molar-refractivity contribution is 0.234. The smallest absolute Gasteiger partial charge is 0.122 e. The third kappa shape index (κ3) is 4.12.